The largest absolute Gasteiger partial charge is 0.737 e. The van der Waals surface area contributed by atoms with Crippen LogP contribution in [-0.4, -0.2) is 160 Å². The van der Waals surface area contributed by atoms with E-state index in [1.165, 1.54) is 27.4 Å². The highest BCUT2D eigenvalue weighted by molar-refractivity contribution is 8.76. The lowest BCUT2D eigenvalue weighted by atomic mass is 9.87. The van der Waals surface area contributed by atoms with Crippen molar-refractivity contribution in [3.05, 3.63) is 141 Å². The molecule has 0 saturated heterocycles. The van der Waals surface area contributed by atoms with Crippen molar-refractivity contribution >= 4 is 73.9 Å². The number of pyridine rings is 1. The van der Waals surface area contributed by atoms with Gasteiger partial charge in [-0.3, -0.25) is 29.1 Å². The third kappa shape index (κ3) is 17.9. The minimum atomic E-state index is -4.80. The Bertz CT molecular complexity index is 3400. The maximum absolute atomic E-state index is 17.8. The summed E-state index contributed by atoms with van der Waals surface area (Å²) in [5.74, 6) is -0.953. The second kappa shape index (κ2) is 29.7. The predicted molar refractivity (Wildman–Crippen MR) is 326 cm³/mol. The van der Waals surface area contributed by atoms with Gasteiger partial charge in [0.1, 0.15) is 34.9 Å². The van der Waals surface area contributed by atoms with E-state index in [1.54, 1.807) is 94.5 Å². The van der Waals surface area contributed by atoms with Crippen LogP contribution >= 0.6 is 21.6 Å². The number of unbranched alkanes of at least 4 members (excludes halogenated alkanes) is 1. The lowest BCUT2D eigenvalue weighted by molar-refractivity contribution is -0.870. The van der Waals surface area contributed by atoms with Crippen molar-refractivity contribution in [2.45, 2.75) is 69.0 Å². The highest BCUT2D eigenvalue weighted by Crippen LogP contribution is 2.43. The first-order chi connectivity index (χ1) is 40.5. The Morgan fingerprint density at radius 2 is 1.55 bits per heavy atom. The molecule has 456 valence electrons. The van der Waals surface area contributed by atoms with Crippen LogP contribution in [0, 0.1) is 10.1 Å². The quantitative estimate of drug-likeness (QED) is 0.00509. The molecule has 2 unspecified atom stereocenters. The minimum Gasteiger partial charge on any atom is -0.497 e. The van der Waals surface area contributed by atoms with Crippen LogP contribution in [0.1, 0.15) is 73.9 Å². The molecule has 0 aliphatic carbocycles. The van der Waals surface area contributed by atoms with E-state index in [0.29, 0.717) is 75.4 Å². The third-order valence-corrected chi connectivity index (χ3v) is 17.1. The highest BCUT2D eigenvalue weighted by atomic mass is 33.1. The maximum atomic E-state index is 17.8. The van der Waals surface area contributed by atoms with E-state index < -0.39 is 51.7 Å². The van der Waals surface area contributed by atoms with E-state index >= 15 is 8.63 Å². The standard InChI is InChI=1S/C58H72BF2N9O12S3/c1-39(62-29-32-83-84-57-15-9-11-26-64-57)46-35-53(81-7)54(37-52(46)69(74)75)82-31-28-63-55(71)14-8-10-27-65-58(73)47(38-85(76,77)78)66-56(72)25-20-43-34-49(41-18-23-45(80-6)24-19-41)68-51(43)36-50-42(13-12-30-70(2,3)4)33-48(67(50)59(68,60)61)40-16-21-44(79-5)22-17-40/h9,11,15-19,21-24,26,33-37,39,47,62H,8,10,12-14,20,25,27-32,38H2,1-7H3,(H3-,63,65,66,71,72,73,76,77,78)/p+1. The molecule has 85 heavy (non-hydrogen) atoms. The number of rotatable bonds is 33. The van der Waals surface area contributed by atoms with Crippen molar-refractivity contribution in [1.82, 2.24) is 30.7 Å². The molecule has 2 aromatic heterocycles. The Kier molecular flexibility index (Phi) is 22.8. The smallest absolute Gasteiger partial charge is 0.497 e. The van der Waals surface area contributed by atoms with Crippen molar-refractivity contribution in [1.29, 1.82) is 0 Å². The van der Waals surface area contributed by atoms with Crippen molar-refractivity contribution < 1.29 is 68.8 Å². The number of nitro groups is 1. The summed E-state index contributed by atoms with van der Waals surface area (Å²) in [6.07, 6.45) is 6.45. The van der Waals surface area contributed by atoms with Gasteiger partial charge in [0, 0.05) is 85.0 Å². The molecule has 5 N–H and O–H groups in total. The number of carbonyl (C=O) groups is 3. The number of fused-ring (bicyclic) bond motifs is 2. The van der Waals surface area contributed by atoms with Gasteiger partial charge < -0.3 is 62.3 Å². The van der Waals surface area contributed by atoms with Gasteiger partial charge in [0.2, 0.25) is 17.7 Å². The van der Waals surface area contributed by atoms with Crippen LogP contribution in [0.2, 0.25) is 0 Å². The summed E-state index contributed by atoms with van der Waals surface area (Å²) in [4.78, 5) is 55.8. The van der Waals surface area contributed by atoms with Crippen LogP contribution in [0.5, 0.6) is 23.0 Å². The fourth-order valence-electron chi connectivity index (χ4n) is 9.90. The number of methoxy groups -OCH3 is 3. The molecule has 0 bridgehead atoms. The van der Waals surface area contributed by atoms with Gasteiger partial charge in [-0.05, 0) is 127 Å². The van der Waals surface area contributed by atoms with Crippen molar-refractivity contribution in [3.63, 3.8) is 0 Å². The zero-order valence-corrected chi connectivity index (χ0v) is 51.1. The molecule has 2 aliphatic rings. The Morgan fingerprint density at radius 3 is 2.19 bits per heavy atom. The van der Waals surface area contributed by atoms with Crippen molar-refractivity contribution in [2.75, 3.05) is 86.8 Å². The molecule has 2 aliphatic heterocycles. The second-order valence-corrected chi connectivity index (χ2v) is 25.2. The summed E-state index contributed by atoms with van der Waals surface area (Å²) in [6.45, 7) is -1.42. The molecule has 0 saturated carbocycles. The van der Waals surface area contributed by atoms with E-state index in [1.807, 2.05) is 31.2 Å². The molecule has 5 aromatic rings. The average molecular weight is 1230 g/mol. The maximum Gasteiger partial charge on any atom is 0.737 e. The van der Waals surface area contributed by atoms with Gasteiger partial charge in [-0.15, -0.1) is 0 Å². The number of nitrogens with zero attached hydrogens (tertiary/aromatic N) is 5. The molecule has 27 heteroatoms. The molecular formula is C58H73BF2N9O12S3+. The van der Waals surface area contributed by atoms with Crippen molar-refractivity contribution in [2.24, 2.45) is 0 Å². The van der Waals surface area contributed by atoms with Gasteiger partial charge in [-0.1, -0.05) is 16.9 Å². The van der Waals surface area contributed by atoms with Gasteiger partial charge in [0.15, 0.2) is 22.9 Å². The van der Waals surface area contributed by atoms with Crippen LogP contribution in [0.3, 0.4) is 0 Å². The molecule has 3 aromatic carbocycles. The summed E-state index contributed by atoms with van der Waals surface area (Å²) in [6, 6.07) is 21.8. The number of hydrogen-bond donors (Lipinski definition) is 5. The average Bonchev–Trinajstić information content (AvgIpc) is 1.60. The molecule has 0 spiro atoms. The Morgan fingerprint density at radius 1 is 0.847 bits per heavy atom. The Balaban J connectivity index is 0.936. The number of hydrogen-bond acceptors (Lipinski definition) is 15. The fraction of sp³-hybridized carbons (Fsp3) is 0.397. The van der Waals surface area contributed by atoms with Crippen LogP contribution in [0.15, 0.2) is 113 Å². The topological polar surface area (TPSA) is 255 Å². The molecule has 3 amide bonds. The molecule has 2 atom stereocenters. The summed E-state index contributed by atoms with van der Waals surface area (Å²) in [7, 11) is 8.99. The van der Waals surface area contributed by atoms with E-state index in [9.17, 15) is 37.5 Å². The fourth-order valence-corrected chi connectivity index (χ4v) is 12.4. The summed E-state index contributed by atoms with van der Waals surface area (Å²) >= 11 is 0. The van der Waals surface area contributed by atoms with Crippen LogP contribution in [0.4, 0.5) is 14.3 Å². The first kappa shape index (κ1) is 65.3. The van der Waals surface area contributed by atoms with Gasteiger partial charge in [-0.25, -0.2) is 4.98 Å². The number of carbonyl (C=O) groups excluding carboxylic acids is 3. The summed E-state index contributed by atoms with van der Waals surface area (Å²) < 4.78 is 94.6. The number of nitrogens with one attached hydrogen (secondary N) is 4. The van der Waals surface area contributed by atoms with Crippen molar-refractivity contribution in [3.8, 4) is 34.3 Å². The van der Waals surface area contributed by atoms with E-state index in [4.69, 9.17) is 18.9 Å². The van der Waals surface area contributed by atoms with Gasteiger partial charge >= 0.3 is 6.97 Å². The highest BCUT2D eigenvalue weighted by Gasteiger charge is 2.55. The Hall–Kier alpha value is -7.30. The third-order valence-electron chi connectivity index (χ3n) is 14.1. The molecule has 0 fully saturated rings. The van der Waals surface area contributed by atoms with Gasteiger partial charge in [0.25, 0.3) is 15.8 Å². The lowest BCUT2D eigenvalue weighted by Crippen LogP contribution is -2.51. The van der Waals surface area contributed by atoms with Gasteiger partial charge in [0.05, 0.1) is 72.1 Å². The predicted octanol–water partition coefficient (Wildman–Crippen LogP) is 7.87. The number of quaternary nitrogens is 1. The number of aryl methyl sites for hydroxylation is 1. The monoisotopic (exact) mass is 1230 g/mol. The molecule has 7 rings (SSSR count). The SMILES string of the molecule is COc1ccc(C2=[N+]3C(=Cc4c(CCC[N+](C)(C)C)cc(-c5ccc(OC)cc5)n4[B-]3(F)F)C(CCC(=O)NC(CS(=O)(=O)O)C(=O)NCCCCC(=O)NCCOc3cc([N+](=O)[O-])c(C(C)NCCSSc4ccccn4)cc3OC)=C2)cc1. The minimum absolute atomic E-state index is 0.0180. The first-order valence-corrected chi connectivity index (χ1v) is 31.6. The van der Waals surface area contributed by atoms with E-state index in [-0.39, 0.29) is 79.9 Å². The normalized spacial score (nSPS) is 14.3. The van der Waals surface area contributed by atoms with Gasteiger partial charge in [-0.2, -0.15) is 8.42 Å². The summed E-state index contributed by atoms with van der Waals surface area (Å²) in [5, 5.41) is 24.0. The number of ether oxygens (including phenoxy) is 4. The second-order valence-electron chi connectivity index (χ2n) is 21.3. The van der Waals surface area contributed by atoms with Crippen LogP contribution in [0.25, 0.3) is 17.3 Å². The molecule has 0 radical (unpaired) electrons. The summed E-state index contributed by atoms with van der Waals surface area (Å²) in [5.41, 5.74) is 3.42. The number of allylic oxidation sites excluding steroid dienone is 2. The molecular weight excluding hydrogens is 1160 g/mol. The lowest BCUT2D eigenvalue weighted by Gasteiger charge is -2.32. The Labute approximate surface area is 501 Å². The van der Waals surface area contributed by atoms with Crippen LogP contribution in [-0.2, 0) is 30.9 Å². The number of halogens is 2. The number of benzene rings is 3. The first-order valence-electron chi connectivity index (χ1n) is 27.7. The zero-order valence-electron chi connectivity index (χ0n) is 48.6. The molecule has 21 nitrogen and oxygen atoms in total. The number of aromatic nitrogens is 2. The van der Waals surface area contributed by atoms with E-state index in [0.717, 1.165) is 31.9 Å². The van der Waals surface area contributed by atoms with E-state index in [2.05, 4.69) is 47.4 Å². The van der Waals surface area contributed by atoms with Crippen LogP contribution < -0.4 is 40.2 Å². The number of amides is 3. The number of nitro benzene ring substituents is 1. The molecule has 4 heterocycles. The zero-order chi connectivity index (χ0) is 61.5.